The summed E-state index contributed by atoms with van der Waals surface area (Å²) in [7, 11) is 0. The summed E-state index contributed by atoms with van der Waals surface area (Å²) >= 11 is 0. The number of aliphatic hydroxyl groups is 2. The lowest BCUT2D eigenvalue weighted by atomic mass is 9.45. The topological polar surface area (TPSA) is 109 Å². The fourth-order valence-electron chi connectivity index (χ4n) is 12.5. The quantitative estimate of drug-likeness (QED) is 0.331. The van der Waals surface area contributed by atoms with Gasteiger partial charge in [-0.25, -0.2) is 0 Å². The van der Waals surface area contributed by atoms with Crippen LogP contribution in [0.2, 0.25) is 0 Å². The summed E-state index contributed by atoms with van der Waals surface area (Å²) in [5.41, 5.74) is -0.0872. The molecule has 8 aliphatic carbocycles. The zero-order valence-electron chi connectivity index (χ0n) is 27.3. The molecular weight excluding hydrogens is 552 g/mol. The minimum Gasteiger partial charge on any atom is -0.389 e. The zero-order chi connectivity index (χ0) is 31.5. The molecule has 0 unspecified atom stereocenters. The van der Waals surface area contributed by atoms with E-state index in [0.717, 1.165) is 75.4 Å². The molecule has 2 N–H and O–H groups in total. The van der Waals surface area contributed by atoms with Gasteiger partial charge in [0, 0.05) is 47.3 Å². The standard InChI is InChI=1S/2C19H26O3/c2*1-17-9-10-19(22)15(14(17)5-6-16(17)21)4-3-12-11-13(20)7-8-18(12,19)2/h2*11,14-15,22H,3-10H2,1-2H3/t2*14-,15-,17-,18-,19+/m00/s1. The van der Waals surface area contributed by atoms with E-state index in [1.807, 2.05) is 12.2 Å². The van der Waals surface area contributed by atoms with Crippen molar-refractivity contribution in [2.24, 2.45) is 45.3 Å². The summed E-state index contributed by atoms with van der Waals surface area (Å²) in [5, 5.41) is 23.4. The minimum atomic E-state index is -0.730. The highest BCUT2D eigenvalue weighted by atomic mass is 16.3. The monoisotopic (exact) mass is 604 g/mol. The summed E-state index contributed by atoms with van der Waals surface area (Å²) in [6.07, 6.45) is 16.2. The number of carbonyl (C=O) groups is 4. The molecule has 8 aliphatic rings. The number of carbonyl (C=O) groups excluding carboxylic acids is 4. The maximum absolute atomic E-state index is 12.4. The van der Waals surface area contributed by atoms with Crippen LogP contribution in [0.4, 0.5) is 0 Å². The Morgan fingerprint density at radius 3 is 1.25 bits per heavy atom. The van der Waals surface area contributed by atoms with Gasteiger partial charge < -0.3 is 10.2 Å². The third-order valence-corrected chi connectivity index (χ3v) is 15.7. The van der Waals surface area contributed by atoms with Crippen molar-refractivity contribution in [3.8, 4) is 0 Å². The highest BCUT2D eigenvalue weighted by molar-refractivity contribution is 5.92. The van der Waals surface area contributed by atoms with E-state index in [9.17, 15) is 29.4 Å². The van der Waals surface area contributed by atoms with Crippen LogP contribution in [0.25, 0.3) is 0 Å². The van der Waals surface area contributed by atoms with Crippen molar-refractivity contribution in [2.45, 2.75) is 142 Å². The Morgan fingerprint density at radius 1 is 0.500 bits per heavy atom. The van der Waals surface area contributed by atoms with Crippen LogP contribution in [-0.2, 0) is 19.2 Å². The molecule has 0 bridgehead atoms. The fourth-order valence-corrected chi connectivity index (χ4v) is 12.5. The third kappa shape index (κ3) is 3.85. The first-order valence-electron chi connectivity index (χ1n) is 17.6. The van der Waals surface area contributed by atoms with Crippen molar-refractivity contribution < 1.29 is 29.4 Å². The van der Waals surface area contributed by atoms with Gasteiger partial charge in [-0.05, 0) is 113 Å². The fraction of sp³-hybridized carbons (Fsp3) is 0.789. The van der Waals surface area contributed by atoms with Crippen LogP contribution in [0, 0.1) is 45.3 Å². The van der Waals surface area contributed by atoms with Crippen LogP contribution >= 0.6 is 0 Å². The molecule has 0 aromatic carbocycles. The van der Waals surface area contributed by atoms with Crippen molar-refractivity contribution in [1.29, 1.82) is 0 Å². The smallest absolute Gasteiger partial charge is 0.155 e. The van der Waals surface area contributed by atoms with Crippen molar-refractivity contribution >= 4 is 23.1 Å². The lowest BCUT2D eigenvalue weighted by molar-refractivity contribution is -0.188. The van der Waals surface area contributed by atoms with Gasteiger partial charge in [0.25, 0.3) is 0 Å². The summed E-state index contributed by atoms with van der Waals surface area (Å²) < 4.78 is 0. The van der Waals surface area contributed by atoms with Crippen LogP contribution in [0.1, 0.15) is 130 Å². The van der Waals surface area contributed by atoms with Crippen molar-refractivity contribution in [1.82, 2.24) is 0 Å². The number of ketones is 4. The van der Waals surface area contributed by atoms with Crippen LogP contribution in [0.15, 0.2) is 23.3 Å². The molecule has 0 aromatic rings. The predicted octanol–water partition coefficient (Wildman–Crippen LogP) is 6.40. The molecule has 44 heavy (non-hydrogen) atoms. The van der Waals surface area contributed by atoms with Crippen LogP contribution in [0.5, 0.6) is 0 Å². The van der Waals surface area contributed by atoms with E-state index in [1.54, 1.807) is 0 Å². The van der Waals surface area contributed by atoms with Crippen LogP contribution < -0.4 is 0 Å². The molecule has 0 radical (unpaired) electrons. The van der Waals surface area contributed by atoms with E-state index in [0.29, 0.717) is 61.9 Å². The first-order valence-corrected chi connectivity index (χ1v) is 17.6. The maximum Gasteiger partial charge on any atom is 0.155 e. The Morgan fingerprint density at radius 2 is 0.864 bits per heavy atom. The van der Waals surface area contributed by atoms with Gasteiger partial charge in [0.2, 0.25) is 0 Å². The zero-order valence-corrected chi connectivity index (χ0v) is 27.3. The molecule has 0 aromatic heterocycles. The molecule has 0 aliphatic heterocycles. The maximum atomic E-state index is 12.4. The third-order valence-electron chi connectivity index (χ3n) is 15.7. The van der Waals surface area contributed by atoms with E-state index < -0.39 is 11.2 Å². The van der Waals surface area contributed by atoms with Crippen LogP contribution in [-0.4, -0.2) is 44.5 Å². The molecule has 0 spiro atoms. The average molecular weight is 605 g/mol. The lowest BCUT2D eigenvalue weighted by Crippen LogP contribution is -2.63. The van der Waals surface area contributed by atoms with Crippen molar-refractivity contribution in [2.75, 3.05) is 0 Å². The van der Waals surface area contributed by atoms with Gasteiger partial charge >= 0.3 is 0 Å². The van der Waals surface area contributed by atoms with E-state index in [-0.39, 0.29) is 45.1 Å². The number of rotatable bonds is 0. The minimum absolute atomic E-state index is 0.209. The molecule has 6 fully saturated rings. The molecule has 6 nitrogen and oxygen atoms in total. The predicted molar refractivity (Wildman–Crippen MR) is 166 cm³/mol. The average Bonchev–Trinajstić information content (AvgIpc) is 3.45. The van der Waals surface area contributed by atoms with Gasteiger partial charge in [0.1, 0.15) is 11.6 Å². The Hall–Kier alpha value is -1.92. The van der Waals surface area contributed by atoms with Crippen molar-refractivity contribution in [3.63, 3.8) is 0 Å². The van der Waals surface area contributed by atoms with Crippen LogP contribution in [0.3, 0.4) is 0 Å². The molecule has 0 saturated heterocycles. The Balaban J connectivity index is 0.000000142. The molecule has 0 amide bonds. The first-order chi connectivity index (χ1) is 20.6. The van der Waals surface area contributed by atoms with Gasteiger partial charge in [0.05, 0.1) is 11.2 Å². The molecule has 240 valence electrons. The number of hydrogen-bond donors (Lipinski definition) is 2. The SMILES string of the molecule is C[C@]12CCC(=O)C=C1CC[C@H]1[C@@H]3CCC(=O)[C@@]3(C)CC[C@@]12O.C[C@]12CCC(=O)C=C1CC[C@H]1[C@@H]3CCC(=O)[C@@]3(C)CC[C@@]12O. The molecule has 8 rings (SSSR count). The van der Waals surface area contributed by atoms with Gasteiger partial charge in [-0.2, -0.15) is 0 Å². The normalized spacial score (nSPS) is 51.0. The molecule has 10 atom stereocenters. The summed E-state index contributed by atoms with van der Waals surface area (Å²) in [4.78, 5) is 48.4. The first kappa shape index (κ1) is 30.7. The van der Waals surface area contributed by atoms with Gasteiger partial charge in [-0.3, -0.25) is 19.2 Å². The highest BCUT2D eigenvalue weighted by Gasteiger charge is 2.67. The Bertz CT molecular complexity index is 1290. The summed E-state index contributed by atoms with van der Waals surface area (Å²) in [6.45, 7) is 8.59. The Kier molecular flexibility index (Phi) is 6.84. The van der Waals surface area contributed by atoms with E-state index in [2.05, 4.69) is 27.7 Å². The summed E-state index contributed by atoms with van der Waals surface area (Å²) in [6, 6.07) is 0. The number of Topliss-reactive ketones (excluding diaryl/α,β-unsaturated/α-hetero) is 2. The highest BCUT2D eigenvalue weighted by Crippen LogP contribution is 2.67. The summed E-state index contributed by atoms with van der Waals surface area (Å²) in [5.74, 6) is 2.33. The largest absolute Gasteiger partial charge is 0.389 e. The second-order valence-corrected chi connectivity index (χ2v) is 17.0. The lowest BCUT2D eigenvalue weighted by Gasteiger charge is -2.61. The second kappa shape index (κ2) is 9.80. The van der Waals surface area contributed by atoms with E-state index in [4.69, 9.17) is 0 Å². The van der Waals surface area contributed by atoms with Crippen molar-refractivity contribution in [3.05, 3.63) is 23.3 Å². The van der Waals surface area contributed by atoms with E-state index >= 15 is 0 Å². The van der Waals surface area contributed by atoms with E-state index in [1.165, 1.54) is 0 Å². The molecule has 6 heteroatoms. The number of hydrogen-bond acceptors (Lipinski definition) is 6. The van der Waals surface area contributed by atoms with Gasteiger partial charge in [-0.1, -0.05) is 38.8 Å². The molecule has 6 saturated carbocycles. The van der Waals surface area contributed by atoms with Gasteiger partial charge in [0.15, 0.2) is 11.6 Å². The van der Waals surface area contributed by atoms with Gasteiger partial charge in [-0.15, -0.1) is 0 Å². The molecular formula is C38H52O6. The Labute approximate surface area is 262 Å². The molecule has 0 heterocycles. The second-order valence-electron chi connectivity index (χ2n) is 17.0. The number of fused-ring (bicyclic) bond motifs is 10.